The van der Waals surface area contributed by atoms with Gasteiger partial charge in [0.2, 0.25) is 0 Å². The second-order valence-corrected chi connectivity index (χ2v) is 7.10. The van der Waals surface area contributed by atoms with Gasteiger partial charge in [-0.15, -0.1) is 0 Å². The first-order valence-electron chi connectivity index (χ1n) is 9.76. The predicted octanol–water partition coefficient (Wildman–Crippen LogP) is 3.33. The van der Waals surface area contributed by atoms with E-state index >= 15 is 0 Å². The first-order chi connectivity index (χ1) is 14.6. The topological polar surface area (TPSA) is 72.6 Å². The van der Waals surface area contributed by atoms with Crippen molar-refractivity contribution in [2.24, 2.45) is 0 Å². The molecule has 3 heterocycles. The lowest BCUT2D eigenvalue weighted by atomic mass is 10.1. The highest BCUT2D eigenvalue weighted by atomic mass is 16.5. The Morgan fingerprint density at radius 2 is 1.93 bits per heavy atom. The Hall–Kier alpha value is -3.74. The molecule has 0 saturated heterocycles. The molecular formula is C23H23N5O2. The molecule has 30 heavy (non-hydrogen) atoms. The van der Waals surface area contributed by atoms with Gasteiger partial charge < -0.3 is 9.64 Å². The van der Waals surface area contributed by atoms with Gasteiger partial charge in [-0.3, -0.25) is 9.78 Å². The molecule has 0 aliphatic heterocycles. The molecule has 0 N–H and O–H groups in total. The molecule has 0 aliphatic rings. The Morgan fingerprint density at radius 3 is 2.67 bits per heavy atom. The smallest absolute Gasteiger partial charge is 0.259 e. The van der Waals surface area contributed by atoms with Crippen LogP contribution in [-0.2, 0) is 13.0 Å². The van der Waals surface area contributed by atoms with Crippen molar-refractivity contribution in [3.8, 4) is 5.75 Å². The number of hydrogen-bond donors (Lipinski definition) is 0. The summed E-state index contributed by atoms with van der Waals surface area (Å²) in [6.45, 7) is 2.90. The first kappa shape index (κ1) is 19.6. The van der Waals surface area contributed by atoms with E-state index in [9.17, 15) is 4.79 Å². The van der Waals surface area contributed by atoms with Gasteiger partial charge in [-0.2, -0.15) is 5.10 Å². The molecule has 0 aliphatic carbocycles. The third kappa shape index (κ3) is 4.30. The highest BCUT2D eigenvalue weighted by Gasteiger charge is 2.21. The Bertz CT molecular complexity index is 1140. The molecule has 3 aromatic heterocycles. The zero-order valence-corrected chi connectivity index (χ0v) is 17.0. The standard InChI is InChI=1S/C23H23N5O2/c1-17-13-25-22-21(14-26-28(22)15-17)23(29)27(16-19-5-3-4-11-24-19)12-10-18-6-8-20(30-2)9-7-18/h3-9,11,13-15H,10,12,16H2,1-2H3. The van der Waals surface area contributed by atoms with E-state index in [0.29, 0.717) is 30.7 Å². The van der Waals surface area contributed by atoms with Crippen molar-refractivity contribution < 1.29 is 9.53 Å². The summed E-state index contributed by atoms with van der Waals surface area (Å²) in [4.78, 5) is 24.0. The molecule has 7 heteroatoms. The van der Waals surface area contributed by atoms with Crippen molar-refractivity contribution in [1.82, 2.24) is 24.5 Å². The van der Waals surface area contributed by atoms with Crippen molar-refractivity contribution in [1.29, 1.82) is 0 Å². The van der Waals surface area contributed by atoms with Crippen LogP contribution >= 0.6 is 0 Å². The fourth-order valence-corrected chi connectivity index (χ4v) is 3.29. The van der Waals surface area contributed by atoms with Crippen LogP contribution in [0.25, 0.3) is 5.65 Å². The van der Waals surface area contributed by atoms with Crippen LogP contribution in [0, 0.1) is 6.92 Å². The summed E-state index contributed by atoms with van der Waals surface area (Å²) in [5, 5.41) is 4.30. The third-order valence-corrected chi connectivity index (χ3v) is 4.91. The molecule has 0 bridgehead atoms. The van der Waals surface area contributed by atoms with Crippen molar-refractivity contribution in [3.63, 3.8) is 0 Å². The number of pyridine rings is 1. The molecule has 0 unspecified atom stereocenters. The SMILES string of the molecule is COc1ccc(CCN(Cc2ccccn2)C(=O)c2cnn3cc(C)cnc23)cc1. The summed E-state index contributed by atoms with van der Waals surface area (Å²) in [5.74, 6) is 0.702. The maximum absolute atomic E-state index is 13.4. The third-order valence-electron chi connectivity index (χ3n) is 4.91. The number of carbonyl (C=O) groups excluding carboxylic acids is 1. The van der Waals surface area contributed by atoms with Gasteiger partial charge in [-0.1, -0.05) is 18.2 Å². The fraction of sp³-hybridized carbons (Fsp3) is 0.217. The summed E-state index contributed by atoms with van der Waals surface area (Å²) in [6, 6.07) is 13.6. The summed E-state index contributed by atoms with van der Waals surface area (Å²) < 4.78 is 6.87. The van der Waals surface area contributed by atoms with E-state index < -0.39 is 0 Å². The Balaban J connectivity index is 1.59. The zero-order valence-electron chi connectivity index (χ0n) is 17.0. The second kappa shape index (κ2) is 8.73. The average Bonchev–Trinajstić information content (AvgIpc) is 3.20. The van der Waals surface area contributed by atoms with Gasteiger partial charge in [0.25, 0.3) is 5.91 Å². The van der Waals surface area contributed by atoms with Crippen molar-refractivity contribution in [2.45, 2.75) is 19.9 Å². The molecule has 4 aromatic rings. The molecule has 152 valence electrons. The number of aromatic nitrogens is 4. The van der Waals surface area contributed by atoms with E-state index in [4.69, 9.17) is 4.74 Å². The number of methoxy groups -OCH3 is 1. The van der Waals surface area contributed by atoms with Gasteiger partial charge in [0, 0.05) is 25.1 Å². The molecule has 0 radical (unpaired) electrons. The quantitative estimate of drug-likeness (QED) is 0.475. The second-order valence-electron chi connectivity index (χ2n) is 7.10. The Morgan fingerprint density at radius 1 is 1.10 bits per heavy atom. The number of benzene rings is 1. The van der Waals surface area contributed by atoms with Crippen LogP contribution in [0.4, 0.5) is 0 Å². The van der Waals surface area contributed by atoms with Gasteiger partial charge in [-0.25, -0.2) is 9.50 Å². The van der Waals surface area contributed by atoms with Gasteiger partial charge in [0.05, 0.1) is 25.5 Å². The van der Waals surface area contributed by atoms with E-state index in [0.717, 1.165) is 22.6 Å². The maximum atomic E-state index is 13.4. The first-order valence-corrected chi connectivity index (χ1v) is 9.76. The van der Waals surface area contributed by atoms with Crippen LogP contribution < -0.4 is 4.74 Å². The molecule has 0 atom stereocenters. The Labute approximate surface area is 175 Å². The lowest BCUT2D eigenvalue weighted by Crippen LogP contribution is -2.33. The summed E-state index contributed by atoms with van der Waals surface area (Å²) >= 11 is 0. The molecule has 1 amide bonds. The van der Waals surface area contributed by atoms with Crippen molar-refractivity contribution in [2.75, 3.05) is 13.7 Å². The van der Waals surface area contributed by atoms with E-state index in [1.54, 1.807) is 35.1 Å². The van der Waals surface area contributed by atoms with Crippen LogP contribution in [0.5, 0.6) is 5.75 Å². The average molecular weight is 401 g/mol. The molecule has 0 saturated carbocycles. The number of amides is 1. The molecule has 0 fully saturated rings. The molecule has 1 aromatic carbocycles. The van der Waals surface area contributed by atoms with Crippen LogP contribution in [0.3, 0.4) is 0 Å². The molecule has 7 nitrogen and oxygen atoms in total. The highest BCUT2D eigenvalue weighted by molar-refractivity contribution is 5.99. The monoisotopic (exact) mass is 401 g/mol. The van der Waals surface area contributed by atoms with Crippen molar-refractivity contribution >= 4 is 11.6 Å². The Kier molecular flexibility index (Phi) is 5.70. The van der Waals surface area contributed by atoms with E-state index in [1.807, 2.05) is 55.6 Å². The minimum atomic E-state index is -0.111. The van der Waals surface area contributed by atoms with E-state index in [1.165, 1.54) is 0 Å². The zero-order chi connectivity index (χ0) is 20.9. The van der Waals surface area contributed by atoms with Gasteiger partial charge >= 0.3 is 0 Å². The summed E-state index contributed by atoms with van der Waals surface area (Å²) in [7, 11) is 1.65. The minimum absolute atomic E-state index is 0.111. The normalized spacial score (nSPS) is 10.9. The number of rotatable bonds is 7. The number of ether oxygens (including phenoxy) is 1. The summed E-state index contributed by atoms with van der Waals surface area (Å²) in [6.07, 6.45) is 7.64. The van der Waals surface area contributed by atoms with E-state index in [2.05, 4.69) is 15.1 Å². The molecule has 0 spiro atoms. The van der Waals surface area contributed by atoms with Crippen LogP contribution in [0.1, 0.15) is 27.2 Å². The number of fused-ring (bicyclic) bond motifs is 1. The number of aryl methyl sites for hydroxylation is 1. The maximum Gasteiger partial charge on any atom is 0.259 e. The lowest BCUT2D eigenvalue weighted by molar-refractivity contribution is 0.0744. The van der Waals surface area contributed by atoms with Crippen LogP contribution in [0.15, 0.2) is 67.3 Å². The highest BCUT2D eigenvalue weighted by Crippen LogP contribution is 2.16. The lowest BCUT2D eigenvalue weighted by Gasteiger charge is -2.22. The van der Waals surface area contributed by atoms with Gasteiger partial charge in [0.15, 0.2) is 5.65 Å². The van der Waals surface area contributed by atoms with Crippen molar-refractivity contribution in [3.05, 3.63) is 89.6 Å². The predicted molar refractivity (Wildman–Crippen MR) is 113 cm³/mol. The van der Waals surface area contributed by atoms with Gasteiger partial charge in [-0.05, 0) is 48.7 Å². The van der Waals surface area contributed by atoms with Gasteiger partial charge in [0.1, 0.15) is 11.3 Å². The summed E-state index contributed by atoms with van der Waals surface area (Å²) in [5.41, 5.74) is 3.99. The number of carbonyl (C=O) groups is 1. The molecule has 4 rings (SSSR count). The van der Waals surface area contributed by atoms with Crippen LogP contribution in [-0.4, -0.2) is 44.0 Å². The number of hydrogen-bond acceptors (Lipinski definition) is 5. The minimum Gasteiger partial charge on any atom is -0.497 e. The number of nitrogens with zero attached hydrogens (tertiary/aromatic N) is 5. The van der Waals surface area contributed by atoms with E-state index in [-0.39, 0.29) is 5.91 Å². The fourth-order valence-electron chi connectivity index (χ4n) is 3.29. The molecular weight excluding hydrogens is 378 g/mol. The largest absolute Gasteiger partial charge is 0.497 e. The van der Waals surface area contributed by atoms with Crippen LogP contribution in [0.2, 0.25) is 0 Å².